The van der Waals surface area contributed by atoms with Crippen LogP contribution in [0.4, 0.5) is 5.69 Å². The first-order chi connectivity index (χ1) is 13.5. The summed E-state index contributed by atoms with van der Waals surface area (Å²) in [5, 5.41) is 4.09. The van der Waals surface area contributed by atoms with Crippen LogP contribution in [0.5, 0.6) is 0 Å². The van der Waals surface area contributed by atoms with Gasteiger partial charge in [-0.1, -0.05) is 49.9 Å². The fourth-order valence-corrected chi connectivity index (χ4v) is 3.85. The van der Waals surface area contributed by atoms with Crippen molar-refractivity contribution >= 4 is 34.3 Å². The van der Waals surface area contributed by atoms with Crippen molar-refractivity contribution in [2.45, 2.75) is 44.8 Å². The number of hydrogen-bond acceptors (Lipinski definition) is 4. The second-order valence-corrected chi connectivity index (χ2v) is 7.67. The van der Waals surface area contributed by atoms with Crippen molar-refractivity contribution in [1.29, 1.82) is 0 Å². The van der Waals surface area contributed by atoms with E-state index in [0.29, 0.717) is 16.1 Å². The molecule has 3 aromatic rings. The van der Waals surface area contributed by atoms with Crippen LogP contribution in [0.15, 0.2) is 58.5 Å². The molecule has 1 N–H and O–H groups in total. The van der Waals surface area contributed by atoms with E-state index < -0.39 is 0 Å². The van der Waals surface area contributed by atoms with Gasteiger partial charge in [-0.15, -0.1) is 0 Å². The van der Waals surface area contributed by atoms with Gasteiger partial charge in [0, 0.05) is 11.7 Å². The molecule has 0 spiro atoms. The van der Waals surface area contributed by atoms with E-state index in [9.17, 15) is 9.59 Å². The molecule has 0 saturated heterocycles. The number of benzene rings is 2. The molecule has 1 amide bonds. The molecule has 0 fully saturated rings. The lowest BCUT2D eigenvalue weighted by Gasteiger charge is -2.18. The third-order valence-electron chi connectivity index (χ3n) is 4.79. The zero-order chi connectivity index (χ0) is 20.1. The second kappa shape index (κ2) is 9.06. The highest BCUT2D eigenvalue weighted by atomic mass is 32.2. The van der Waals surface area contributed by atoms with Crippen molar-refractivity contribution in [3.8, 4) is 0 Å². The van der Waals surface area contributed by atoms with E-state index in [-0.39, 0.29) is 23.3 Å². The molecule has 0 aliphatic rings. The molecule has 0 bridgehead atoms. The predicted molar refractivity (Wildman–Crippen MR) is 116 cm³/mol. The van der Waals surface area contributed by atoms with E-state index in [4.69, 9.17) is 0 Å². The summed E-state index contributed by atoms with van der Waals surface area (Å²) in [5.74, 6) is 0.0730. The van der Waals surface area contributed by atoms with Crippen LogP contribution in [0.25, 0.3) is 10.9 Å². The van der Waals surface area contributed by atoms with Crippen LogP contribution in [0.2, 0.25) is 0 Å². The predicted octanol–water partition coefficient (Wildman–Crippen LogP) is 4.66. The maximum atomic E-state index is 13.0. The molecule has 3 rings (SSSR count). The van der Waals surface area contributed by atoms with E-state index in [2.05, 4.69) is 17.2 Å². The molecule has 6 heteroatoms. The fourth-order valence-electron chi connectivity index (χ4n) is 2.95. The Morgan fingerprint density at radius 1 is 1.14 bits per heavy atom. The number of carbonyl (C=O) groups excluding carboxylic acids is 1. The van der Waals surface area contributed by atoms with Gasteiger partial charge in [-0.3, -0.25) is 14.2 Å². The number of anilines is 1. The largest absolute Gasteiger partial charge is 0.325 e. The van der Waals surface area contributed by atoms with Gasteiger partial charge in [0.15, 0.2) is 5.16 Å². The minimum atomic E-state index is -0.118. The molecular formula is C22H25N3O2S. The van der Waals surface area contributed by atoms with Crippen molar-refractivity contribution in [1.82, 2.24) is 9.55 Å². The molecule has 28 heavy (non-hydrogen) atoms. The Bertz CT molecular complexity index is 1030. The topological polar surface area (TPSA) is 64.0 Å². The zero-order valence-electron chi connectivity index (χ0n) is 16.4. The van der Waals surface area contributed by atoms with Crippen molar-refractivity contribution in [2.75, 3.05) is 11.1 Å². The minimum absolute atomic E-state index is 0.0109. The number of amides is 1. The summed E-state index contributed by atoms with van der Waals surface area (Å²) in [6, 6.07) is 15.2. The normalized spacial score (nSPS) is 12.1. The average molecular weight is 396 g/mol. The number of thioether (sulfide) groups is 1. The quantitative estimate of drug-likeness (QED) is 0.467. The summed E-state index contributed by atoms with van der Waals surface area (Å²) in [4.78, 5) is 30.0. The molecule has 0 radical (unpaired) electrons. The van der Waals surface area contributed by atoms with Crippen molar-refractivity contribution < 1.29 is 4.79 Å². The van der Waals surface area contributed by atoms with E-state index in [0.717, 1.165) is 18.5 Å². The third kappa shape index (κ3) is 4.44. The van der Waals surface area contributed by atoms with Gasteiger partial charge in [0.25, 0.3) is 5.56 Å². The maximum Gasteiger partial charge on any atom is 0.262 e. The first kappa shape index (κ1) is 20.1. The van der Waals surface area contributed by atoms with Crippen LogP contribution in [-0.2, 0) is 11.2 Å². The molecule has 146 valence electrons. The van der Waals surface area contributed by atoms with E-state index in [1.165, 1.54) is 17.3 Å². The Labute approximate surface area is 169 Å². The number of fused-ring (bicyclic) bond motifs is 1. The highest BCUT2D eigenvalue weighted by Crippen LogP contribution is 2.22. The van der Waals surface area contributed by atoms with Gasteiger partial charge < -0.3 is 5.32 Å². The number of nitrogens with one attached hydrogen (secondary N) is 1. The Balaban J connectivity index is 1.80. The molecule has 5 nitrogen and oxygen atoms in total. The molecule has 1 heterocycles. The number of aryl methyl sites for hydroxylation is 1. The summed E-state index contributed by atoms with van der Waals surface area (Å²) >= 11 is 1.29. The van der Waals surface area contributed by atoms with Crippen molar-refractivity contribution in [3.05, 3.63) is 64.4 Å². The highest BCUT2D eigenvalue weighted by molar-refractivity contribution is 7.99. The fraction of sp³-hybridized carbons (Fsp3) is 0.318. The number of hydrogen-bond donors (Lipinski definition) is 1. The summed E-state index contributed by atoms with van der Waals surface area (Å²) < 4.78 is 1.70. The Kier molecular flexibility index (Phi) is 6.52. The molecule has 2 aromatic carbocycles. The molecule has 0 aliphatic carbocycles. The van der Waals surface area contributed by atoms with Gasteiger partial charge in [-0.2, -0.15) is 0 Å². The molecular weight excluding hydrogens is 370 g/mol. The molecule has 1 atom stereocenters. The van der Waals surface area contributed by atoms with Crippen LogP contribution in [0.3, 0.4) is 0 Å². The van der Waals surface area contributed by atoms with Crippen molar-refractivity contribution in [3.63, 3.8) is 0 Å². The number of rotatable bonds is 7. The lowest BCUT2D eigenvalue weighted by Crippen LogP contribution is -2.26. The number of para-hydroxylation sites is 1. The van der Waals surface area contributed by atoms with Crippen LogP contribution in [-0.4, -0.2) is 21.2 Å². The Hall–Kier alpha value is -2.60. The van der Waals surface area contributed by atoms with Gasteiger partial charge in [-0.05, 0) is 49.6 Å². The van der Waals surface area contributed by atoms with Crippen LogP contribution < -0.4 is 10.9 Å². The maximum absolute atomic E-state index is 13.0. The SMILES string of the molecule is CCc1ccc(NC(=O)CSc2nc3ccccc3c(=O)n2[C@@H](C)CC)cc1. The van der Waals surface area contributed by atoms with Gasteiger partial charge in [-0.25, -0.2) is 4.98 Å². The highest BCUT2D eigenvalue weighted by Gasteiger charge is 2.16. The first-order valence-electron chi connectivity index (χ1n) is 9.56. The number of carbonyl (C=O) groups is 1. The van der Waals surface area contributed by atoms with E-state index >= 15 is 0 Å². The van der Waals surface area contributed by atoms with Crippen molar-refractivity contribution in [2.24, 2.45) is 0 Å². The van der Waals surface area contributed by atoms with Crippen LogP contribution >= 0.6 is 11.8 Å². The minimum Gasteiger partial charge on any atom is -0.325 e. The smallest absolute Gasteiger partial charge is 0.262 e. The van der Waals surface area contributed by atoms with E-state index in [1.54, 1.807) is 10.6 Å². The summed E-state index contributed by atoms with van der Waals surface area (Å²) in [6.45, 7) is 6.13. The Morgan fingerprint density at radius 3 is 2.54 bits per heavy atom. The lowest BCUT2D eigenvalue weighted by molar-refractivity contribution is -0.113. The molecule has 0 aliphatic heterocycles. The zero-order valence-corrected chi connectivity index (χ0v) is 17.3. The lowest BCUT2D eigenvalue weighted by atomic mass is 10.1. The molecule has 1 aromatic heterocycles. The number of aromatic nitrogens is 2. The van der Waals surface area contributed by atoms with Gasteiger partial charge >= 0.3 is 0 Å². The second-order valence-electron chi connectivity index (χ2n) is 6.73. The molecule has 0 unspecified atom stereocenters. The standard InChI is InChI=1S/C22H25N3O2S/c1-4-15(3)25-21(27)18-8-6-7-9-19(18)24-22(25)28-14-20(26)23-17-12-10-16(5-2)11-13-17/h6-13,15H,4-5,14H2,1-3H3,(H,23,26)/t15-/m0/s1. The third-order valence-corrected chi connectivity index (χ3v) is 5.74. The van der Waals surface area contributed by atoms with Gasteiger partial charge in [0.2, 0.25) is 5.91 Å². The summed E-state index contributed by atoms with van der Waals surface area (Å²) in [6.07, 6.45) is 1.77. The Morgan fingerprint density at radius 2 is 1.86 bits per heavy atom. The van der Waals surface area contributed by atoms with Crippen LogP contribution in [0, 0.1) is 0 Å². The van der Waals surface area contributed by atoms with Crippen LogP contribution in [0.1, 0.15) is 38.8 Å². The van der Waals surface area contributed by atoms with Gasteiger partial charge in [0.05, 0.1) is 16.7 Å². The van der Waals surface area contributed by atoms with Gasteiger partial charge in [0.1, 0.15) is 0 Å². The summed E-state index contributed by atoms with van der Waals surface area (Å²) in [5.41, 5.74) is 2.60. The first-order valence-corrected chi connectivity index (χ1v) is 10.5. The van der Waals surface area contributed by atoms with E-state index in [1.807, 2.05) is 56.3 Å². The monoisotopic (exact) mass is 395 g/mol. The molecule has 0 saturated carbocycles. The number of nitrogens with zero attached hydrogens (tertiary/aromatic N) is 2. The average Bonchev–Trinajstić information content (AvgIpc) is 2.72. The summed E-state index contributed by atoms with van der Waals surface area (Å²) in [7, 11) is 0.